The number of nitrogens with zero attached hydrogens (tertiary/aromatic N) is 4. The number of hydrogen-bond donors (Lipinski definition) is 0. The van der Waals surface area contributed by atoms with Crippen molar-refractivity contribution in [1.82, 2.24) is 14.3 Å². The first-order valence-electron chi connectivity index (χ1n) is 3.75. The van der Waals surface area contributed by atoms with Crippen molar-refractivity contribution in [3.05, 3.63) is 17.7 Å². The van der Waals surface area contributed by atoms with Crippen LogP contribution in [-0.4, -0.2) is 14.3 Å². The molecule has 0 unspecified atom stereocenters. The van der Waals surface area contributed by atoms with Gasteiger partial charge < -0.3 is 0 Å². The normalized spacial score (nSPS) is 10.2. The smallest absolute Gasteiger partial charge is 0.147 e. The van der Waals surface area contributed by atoms with Crippen LogP contribution in [0.25, 0.3) is 10.2 Å². The summed E-state index contributed by atoms with van der Waals surface area (Å²) in [5, 5.41) is 9.52. The van der Waals surface area contributed by atoms with Gasteiger partial charge in [0, 0.05) is 0 Å². The Morgan fingerprint density at radius 3 is 3.15 bits per heavy atom. The molecule has 0 N–H and O–H groups in total. The SMILES string of the molecule is Cc1nsc2ncnc(CC#N)c12. The highest BCUT2D eigenvalue weighted by Gasteiger charge is 2.08. The summed E-state index contributed by atoms with van der Waals surface area (Å²) >= 11 is 1.34. The number of aryl methyl sites for hydroxylation is 1. The van der Waals surface area contributed by atoms with E-state index < -0.39 is 0 Å². The Bertz CT molecular complexity index is 482. The summed E-state index contributed by atoms with van der Waals surface area (Å²) in [5.74, 6) is 0. The lowest BCUT2D eigenvalue weighted by molar-refractivity contribution is 1.09. The molecular weight excluding hydrogens is 184 g/mol. The molecule has 2 rings (SSSR count). The molecule has 0 saturated heterocycles. The monoisotopic (exact) mass is 190 g/mol. The van der Waals surface area contributed by atoms with E-state index in [1.165, 1.54) is 17.9 Å². The molecule has 0 saturated carbocycles. The Labute approximate surface area is 79.0 Å². The largest absolute Gasteiger partial charge is 0.239 e. The lowest BCUT2D eigenvalue weighted by atomic mass is 10.2. The summed E-state index contributed by atoms with van der Waals surface area (Å²) in [6.45, 7) is 1.91. The molecule has 0 radical (unpaired) electrons. The van der Waals surface area contributed by atoms with E-state index in [1.807, 2.05) is 6.92 Å². The number of rotatable bonds is 1. The third kappa shape index (κ3) is 1.25. The number of hydrogen-bond acceptors (Lipinski definition) is 5. The Morgan fingerprint density at radius 1 is 1.54 bits per heavy atom. The summed E-state index contributed by atoms with van der Waals surface area (Å²) in [5.41, 5.74) is 1.68. The van der Waals surface area contributed by atoms with Gasteiger partial charge in [0.1, 0.15) is 11.2 Å². The van der Waals surface area contributed by atoms with Crippen LogP contribution in [0, 0.1) is 18.3 Å². The topological polar surface area (TPSA) is 62.5 Å². The standard InChI is InChI=1S/C8H6N4S/c1-5-7-6(2-3-9)10-4-11-8(7)13-12-5/h4H,2H2,1H3. The molecule has 2 aromatic rings. The summed E-state index contributed by atoms with van der Waals surface area (Å²) in [7, 11) is 0. The van der Waals surface area contributed by atoms with Gasteiger partial charge in [0.05, 0.1) is 29.3 Å². The molecule has 0 fully saturated rings. The van der Waals surface area contributed by atoms with Gasteiger partial charge in [-0.15, -0.1) is 0 Å². The van der Waals surface area contributed by atoms with Crippen molar-refractivity contribution in [2.45, 2.75) is 13.3 Å². The highest BCUT2D eigenvalue weighted by molar-refractivity contribution is 7.12. The molecule has 2 aromatic heterocycles. The molecule has 4 nitrogen and oxygen atoms in total. The van der Waals surface area contributed by atoms with Gasteiger partial charge in [0.25, 0.3) is 0 Å². The number of fused-ring (bicyclic) bond motifs is 1. The lowest BCUT2D eigenvalue weighted by Crippen LogP contribution is -1.90. The van der Waals surface area contributed by atoms with Crippen LogP contribution in [0.4, 0.5) is 0 Å². The first-order valence-corrected chi connectivity index (χ1v) is 4.53. The third-order valence-corrected chi connectivity index (χ3v) is 2.62. The van der Waals surface area contributed by atoms with Gasteiger partial charge in [-0.1, -0.05) is 0 Å². The maximum atomic E-state index is 8.58. The van der Waals surface area contributed by atoms with Crippen molar-refractivity contribution in [2.24, 2.45) is 0 Å². The van der Waals surface area contributed by atoms with E-state index in [-0.39, 0.29) is 0 Å². The summed E-state index contributed by atoms with van der Waals surface area (Å²) in [6, 6.07) is 2.08. The van der Waals surface area contributed by atoms with Crippen molar-refractivity contribution in [3.8, 4) is 6.07 Å². The minimum absolute atomic E-state index is 0.318. The molecule has 13 heavy (non-hydrogen) atoms. The first-order chi connectivity index (χ1) is 6.33. The minimum Gasteiger partial charge on any atom is -0.239 e. The zero-order chi connectivity index (χ0) is 9.26. The van der Waals surface area contributed by atoms with Gasteiger partial charge in [-0.25, -0.2) is 9.97 Å². The Kier molecular flexibility index (Phi) is 1.91. The lowest BCUT2D eigenvalue weighted by Gasteiger charge is -1.94. The fraction of sp³-hybridized carbons (Fsp3) is 0.250. The highest BCUT2D eigenvalue weighted by atomic mass is 32.1. The average Bonchev–Trinajstić information content (AvgIpc) is 2.50. The zero-order valence-corrected chi connectivity index (χ0v) is 7.80. The van der Waals surface area contributed by atoms with Crippen LogP contribution in [0.2, 0.25) is 0 Å². The molecule has 64 valence electrons. The van der Waals surface area contributed by atoms with E-state index in [4.69, 9.17) is 5.26 Å². The zero-order valence-electron chi connectivity index (χ0n) is 6.98. The fourth-order valence-electron chi connectivity index (χ4n) is 1.20. The van der Waals surface area contributed by atoms with Gasteiger partial charge in [-0.05, 0) is 18.5 Å². The van der Waals surface area contributed by atoms with Crippen LogP contribution in [-0.2, 0) is 6.42 Å². The van der Waals surface area contributed by atoms with E-state index >= 15 is 0 Å². The molecule has 0 amide bonds. The molecular formula is C8H6N4S. The molecule has 5 heteroatoms. The van der Waals surface area contributed by atoms with Crippen molar-refractivity contribution in [1.29, 1.82) is 5.26 Å². The molecule has 0 bridgehead atoms. The van der Waals surface area contributed by atoms with Crippen molar-refractivity contribution < 1.29 is 0 Å². The fourth-order valence-corrected chi connectivity index (χ4v) is 1.97. The highest BCUT2D eigenvalue weighted by Crippen LogP contribution is 2.22. The van der Waals surface area contributed by atoms with Crippen LogP contribution in [0.1, 0.15) is 11.4 Å². The minimum atomic E-state index is 0.318. The van der Waals surface area contributed by atoms with Crippen LogP contribution in [0.15, 0.2) is 6.33 Å². The third-order valence-electron chi connectivity index (χ3n) is 1.77. The van der Waals surface area contributed by atoms with Crippen molar-refractivity contribution in [3.63, 3.8) is 0 Å². The molecule has 0 aromatic carbocycles. The molecule has 2 heterocycles. The summed E-state index contributed by atoms with van der Waals surface area (Å²) < 4.78 is 4.17. The van der Waals surface area contributed by atoms with E-state index in [1.54, 1.807) is 0 Å². The Morgan fingerprint density at radius 2 is 2.38 bits per heavy atom. The predicted molar refractivity (Wildman–Crippen MR) is 49.3 cm³/mol. The molecule has 0 aliphatic carbocycles. The maximum Gasteiger partial charge on any atom is 0.147 e. The van der Waals surface area contributed by atoms with Gasteiger partial charge >= 0.3 is 0 Å². The second kappa shape index (κ2) is 3.07. The first kappa shape index (κ1) is 8.08. The average molecular weight is 190 g/mol. The Balaban J connectivity index is 2.74. The second-order valence-electron chi connectivity index (χ2n) is 2.60. The number of nitriles is 1. The van der Waals surface area contributed by atoms with Gasteiger partial charge in [0.2, 0.25) is 0 Å². The van der Waals surface area contributed by atoms with Gasteiger partial charge in [-0.2, -0.15) is 9.64 Å². The van der Waals surface area contributed by atoms with Gasteiger partial charge in [-0.3, -0.25) is 0 Å². The summed E-state index contributed by atoms with van der Waals surface area (Å²) in [6.07, 6.45) is 1.80. The quantitative estimate of drug-likeness (QED) is 0.683. The van der Waals surface area contributed by atoms with Crippen LogP contribution < -0.4 is 0 Å². The maximum absolute atomic E-state index is 8.58. The van der Waals surface area contributed by atoms with Crippen molar-refractivity contribution >= 4 is 21.7 Å². The molecule has 0 aliphatic heterocycles. The Hall–Kier alpha value is -1.54. The van der Waals surface area contributed by atoms with E-state index in [9.17, 15) is 0 Å². The molecule has 0 spiro atoms. The summed E-state index contributed by atoms with van der Waals surface area (Å²) in [4.78, 5) is 9.00. The number of aromatic nitrogens is 3. The predicted octanol–water partition coefficient (Wildman–Crippen LogP) is 1.46. The van der Waals surface area contributed by atoms with Crippen LogP contribution in [0.3, 0.4) is 0 Å². The van der Waals surface area contributed by atoms with Gasteiger partial charge in [0.15, 0.2) is 0 Å². The van der Waals surface area contributed by atoms with Crippen molar-refractivity contribution in [2.75, 3.05) is 0 Å². The molecule has 0 aliphatic rings. The van der Waals surface area contributed by atoms with E-state index in [0.29, 0.717) is 6.42 Å². The van der Waals surface area contributed by atoms with Crippen LogP contribution >= 0.6 is 11.5 Å². The molecule has 0 atom stereocenters. The van der Waals surface area contributed by atoms with E-state index in [0.717, 1.165) is 21.6 Å². The second-order valence-corrected chi connectivity index (χ2v) is 3.36. The van der Waals surface area contributed by atoms with E-state index in [2.05, 4.69) is 20.4 Å². The van der Waals surface area contributed by atoms with Crippen LogP contribution in [0.5, 0.6) is 0 Å².